The first kappa shape index (κ1) is 27.8. The van der Waals surface area contributed by atoms with Crippen LogP contribution in [0.15, 0.2) is 35.1 Å². The van der Waals surface area contributed by atoms with E-state index in [4.69, 9.17) is 19.7 Å². The number of ether oxygens (including phenoxy) is 2. The van der Waals surface area contributed by atoms with Gasteiger partial charge in [-0.05, 0) is 57.4 Å². The van der Waals surface area contributed by atoms with E-state index in [1.54, 1.807) is 11.1 Å². The van der Waals surface area contributed by atoms with Crippen LogP contribution in [0, 0.1) is 11.6 Å². The summed E-state index contributed by atoms with van der Waals surface area (Å²) in [6, 6.07) is 3.02. The molecule has 4 heterocycles. The third-order valence-electron chi connectivity index (χ3n) is 7.14. The summed E-state index contributed by atoms with van der Waals surface area (Å²) in [7, 11) is 0. The molecule has 3 atom stereocenters. The van der Waals surface area contributed by atoms with E-state index in [-0.39, 0.29) is 41.7 Å². The van der Waals surface area contributed by atoms with Crippen molar-refractivity contribution in [2.24, 2.45) is 5.73 Å². The van der Waals surface area contributed by atoms with E-state index < -0.39 is 17.7 Å². The van der Waals surface area contributed by atoms with Crippen molar-refractivity contribution in [1.82, 2.24) is 25.0 Å². The molecular formula is C27H33F2N7O4. The number of benzene rings is 1. The fourth-order valence-corrected chi connectivity index (χ4v) is 5.04. The number of nitrogens with two attached hydrogens (primary N) is 1. The van der Waals surface area contributed by atoms with Gasteiger partial charge in [0.2, 0.25) is 5.82 Å². The van der Waals surface area contributed by atoms with Crippen LogP contribution in [0.4, 0.5) is 19.4 Å². The quantitative estimate of drug-likeness (QED) is 0.457. The molecule has 40 heavy (non-hydrogen) atoms. The largest absolute Gasteiger partial charge is 0.447 e. The lowest BCUT2D eigenvalue weighted by atomic mass is 9.94. The highest BCUT2D eigenvalue weighted by Gasteiger charge is 2.34. The van der Waals surface area contributed by atoms with Gasteiger partial charge in [0, 0.05) is 38.1 Å². The Morgan fingerprint density at radius 3 is 2.60 bits per heavy atom. The summed E-state index contributed by atoms with van der Waals surface area (Å²) >= 11 is 0. The summed E-state index contributed by atoms with van der Waals surface area (Å²) < 4.78 is 44.8. The number of carbonyl (C=O) groups excluding carboxylic acids is 1. The molecule has 214 valence electrons. The fraction of sp³-hybridized carbons (Fsp3) is 0.519. The van der Waals surface area contributed by atoms with Gasteiger partial charge in [0.05, 0.1) is 24.6 Å². The molecule has 0 bridgehead atoms. The molecule has 2 aliphatic heterocycles. The van der Waals surface area contributed by atoms with Gasteiger partial charge in [-0.3, -0.25) is 0 Å². The molecule has 3 aromatic rings. The lowest BCUT2D eigenvalue weighted by Gasteiger charge is -2.32. The number of piperidine rings is 1. The number of hydrogen-bond acceptors (Lipinski definition) is 10. The van der Waals surface area contributed by atoms with E-state index in [2.05, 4.69) is 20.1 Å². The summed E-state index contributed by atoms with van der Waals surface area (Å²) in [6.07, 6.45) is 3.53. The van der Waals surface area contributed by atoms with E-state index in [1.165, 1.54) is 12.3 Å². The lowest BCUT2D eigenvalue weighted by Crippen LogP contribution is -2.42. The molecule has 2 aromatic heterocycles. The molecule has 2 fully saturated rings. The highest BCUT2D eigenvalue weighted by Crippen LogP contribution is 2.31. The summed E-state index contributed by atoms with van der Waals surface area (Å²) in [4.78, 5) is 29.0. The van der Waals surface area contributed by atoms with Crippen molar-refractivity contribution < 1.29 is 27.6 Å². The average molecular weight is 558 g/mol. The highest BCUT2D eigenvalue weighted by atomic mass is 19.1. The Labute approximate surface area is 230 Å². The van der Waals surface area contributed by atoms with Crippen LogP contribution >= 0.6 is 0 Å². The normalized spacial score (nSPS) is 20.8. The molecule has 2 N–H and O–H groups in total. The minimum Gasteiger partial charge on any atom is -0.447 e. The van der Waals surface area contributed by atoms with Gasteiger partial charge in [0.1, 0.15) is 29.3 Å². The van der Waals surface area contributed by atoms with Crippen molar-refractivity contribution in [3.63, 3.8) is 0 Å². The smallest absolute Gasteiger partial charge is 0.410 e. The summed E-state index contributed by atoms with van der Waals surface area (Å²) in [5.41, 5.74) is 6.92. The van der Waals surface area contributed by atoms with Crippen LogP contribution in [-0.2, 0) is 9.47 Å². The SMILES string of the molecule is CC(C)OC(=O)N1CCC(O[C@H](C)c2noc(-c3cnc(N4C[C@H](N)[C@H](c5cc(F)ccc5F)C4)cn3)n2)CC1. The van der Waals surface area contributed by atoms with Crippen LogP contribution in [0.3, 0.4) is 0 Å². The number of likely N-dealkylation sites (tertiary alicyclic amines) is 1. The van der Waals surface area contributed by atoms with Gasteiger partial charge in [-0.1, -0.05) is 5.16 Å². The van der Waals surface area contributed by atoms with Crippen molar-refractivity contribution in [2.75, 3.05) is 31.1 Å². The molecule has 0 radical (unpaired) electrons. The Kier molecular flexibility index (Phi) is 8.22. The minimum absolute atomic E-state index is 0.0457. The van der Waals surface area contributed by atoms with Gasteiger partial charge in [-0.15, -0.1) is 0 Å². The van der Waals surface area contributed by atoms with Crippen LogP contribution in [-0.4, -0.2) is 75.5 Å². The van der Waals surface area contributed by atoms with E-state index in [0.29, 0.717) is 56.4 Å². The van der Waals surface area contributed by atoms with E-state index in [9.17, 15) is 13.6 Å². The van der Waals surface area contributed by atoms with E-state index in [0.717, 1.165) is 12.1 Å². The molecule has 13 heteroatoms. The first-order chi connectivity index (χ1) is 19.2. The van der Waals surface area contributed by atoms with Crippen LogP contribution in [0.1, 0.15) is 57.0 Å². The summed E-state index contributed by atoms with van der Waals surface area (Å²) in [6.45, 7) is 7.42. The van der Waals surface area contributed by atoms with Gasteiger partial charge in [0.25, 0.3) is 5.89 Å². The van der Waals surface area contributed by atoms with E-state index in [1.807, 2.05) is 25.7 Å². The summed E-state index contributed by atoms with van der Waals surface area (Å²) in [5.74, 6) is -0.218. The van der Waals surface area contributed by atoms with Crippen LogP contribution in [0.5, 0.6) is 0 Å². The molecular weight excluding hydrogens is 524 g/mol. The van der Waals surface area contributed by atoms with Crippen LogP contribution in [0.2, 0.25) is 0 Å². The molecule has 0 saturated carbocycles. The van der Waals surface area contributed by atoms with Gasteiger partial charge >= 0.3 is 6.09 Å². The number of hydrogen-bond donors (Lipinski definition) is 1. The second-order valence-corrected chi connectivity index (χ2v) is 10.5. The van der Waals surface area contributed by atoms with Crippen molar-refractivity contribution in [1.29, 1.82) is 0 Å². The van der Waals surface area contributed by atoms with E-state index >= 15 is 0 Å². The molecule has 2 aliphatic rings. The van der Waals surface area contributed by atoms with Crippen molar-refractivity contribution in [2.45, 2.75) is 63.9 Å². The van der Waals surface area contributed by atoms with Crippen LogP contribution < -0.4 is 10.6 Å². The Morgan fingerprint density at radius 1 is 1.12 bits per heavy atom. The first-order valence-electron chi connectivity index (χ1n) is 13.4. The predicted molar refractivity (Wildman–Crippen MR) is 140 cm³/mol. The second kappa shape index (κ2) is 11.8. The van der Waals surface area contributed by atoms with Crippen molar-refractivity contribution >= 4 is 11.9 Å². The van der Waals surface area contributed by atoms with Gasteiger partial charge in [-0.2, -0.15) is 4.98 Å². The van der Waals surface area contributed by atoms with Gasteiger partial charge in [0.15, 0.2) is 0 Å². The number of nitrogens with zero attached hydrogens (tertiary/aromatic N) is 6. The number of halogens is 2. The molecule has 2 saturated heterocycles. The maximum absolute atomic E-state index is 14.3. The molecule has 5 rings (SSSR count). The zero-order valence-electron chi connectivity index (χ0n) is 22.7. The zero-order chi connectivity index (χ0) is 28.4. The Balaban J connectivity index is 1.16. The minimum atomic E-state index is -0.501. The topological polar surface area (TPSA) is 133 Å². The zero-order valence-corrected chi connectivity index (χ0v) is 22.7. The summed E-state index contributed by atoms with van der Waals surface area (Å²) in [5, 5.41) is 4.05. The number of anilines is 1. The van der Waals surface area contributed by atoms with Crippen LogP contribution in [0.25, 0.3) is 11.6 Å². The maximum Gasteiger partial charge on any atom is 0.410 e. The molecule has 0 unspecified atom stereocenters. The number of carbonyl (C=O) groups is 1. The van der Waals surface area contributed by atoms with Crippen molar-refractivity contribution in [3.8, 4) is 11.6 Å². The predicted octanol–water partition coefficient (Wildman–Crippen LogP) is 3.82. The Morgan fingerprint density at radius 2 is 1.90 bits per heavy atom. The number of amides is 1. The average Bonchev–Trinajstić information content (AvgIpc) is 3.58. The highest BCUT2D eigenvalue weighted by molar-refractivity contribution is 5.67. The Hall–Kier alpha value is -3.71. The van der Waals surface area contributed by atoms with Gasteiger partial charge < -0.3 is 29.5 Å². The molecule has 1 aromatic carbocycles. The fourth-order valence-electron chi connectivity index (χ4n) is 5.04. The second-order valence-electron chi connectivity index (χ2n) is 10.5. The third kappa shape index (κ3) is 6.20. The molecule has 0 spiro atoms. The lowest BCUT2D eigenvalue weighted by molar-refractivity contribution is -0.0402. The monoisotopic (exact) mass is 557 g/mol. The third-order valence-corrected chi connectivity index (χ3v) is 7.14. The number of aromatic nitrogens is 4. The molecule has 1 amide bonds. The molecule has 11 nitrogen and oxygen atoms in total. The Bertz CT molecular complexity index is 1310. The molecule has 0 aliphatic carbocycles. The van der Waals surface area contributed by atoms with Gasteiger partial charge in [-0.25, -0.2) is 23.5 Å². The number of rotatable bonds is 7. The van der Waals surface area contributed by atoms with Crippen molar-refractivity contribution in [3.05, 3.63) is 53.6 Å². The standard InChI is InChI=1S/C27H33F2N7O4/c1-15(2)38-27(37)35-8-6-18(7-9-35)39-16(3)25-33-26(40-34-25)23-11-32-24(12-31-23)36-13-20(22(30)14-36)19-10-17(28)4-5-21(19)29/h4-5,10-12,15-16,18,20,22H,6-9,13-14,30H2,1-3H3/t16-,20+,22+/m1/s1. The maximum atomic E-state index is 14.3. The first-order valence-corrected chi connectivity index (χ1v) is 13.4.